The summed E-state index contributed by atoms with van der Waals surface area (Å²) < 4.78 is 5.02. The van der Waals surface area contributed by atoms with Crippen LogP contribution in [0.15, 0.2) is 18.2 Å². The van der Waals surface area contributed by atoms with Crippen LogP contribution < -0.4 is 16.0 Å². The zero-order valence-electron chi connectivity index (χ0n) is 7.74. The summed E-state index contributed by atoms with van der Waals surface area (Å²) in [6.07, 6.45) is 0. The first-order valence-electron chi connectivity index (χ1n) is 4.02. The zero-order chi connectivity index (χ0) is 9.84. The number of ether oxygens (including phenoxy) is 1. The molecule has 0 spiro atoms. The number of benzene rings is 1. The smallest absolute Gasteiger partial charge is 0.120 e. The molecule has 0 heterocycles. The Hall–Kier alpha value is -1.26. The van der Waals surface area contributed by atoms with Crippen LogP contribution in [0.5, 0.6) is 11.5 Å². The van der Waals surface area contributed by atoms with E-state index in [1.807, 2.05) is 6.92 Å². The van der Waals surface area contributed by atoms with E-state index in [0.29, 0.717) is 5.75 Å². The fraction of sp³-hybridized carbons (Fsp3) is 0.333. The van der Waals surface area contributed by atoms with Crippen LogP contribution in [-0.4, -0.2) is 12.2 Å². The summed E-state index contributed by atoms with van der Waals surface area (Å²) in [6.45, 7) is 1.86. The SMILES string of the molecule is COc1ccc(O)c(C(C)NN)c1. The normalized spacial score (nSPS) is 12.5. The molecule has 1 aromatic carbocycles. The van der Waals surface area contributed by atoms with Gasteiger partial charge in [0, 0.05) is 11.6 Å². The van der Waals surface area contributed by atoms with Crippen molar-refractivity contribution in [3.8, 4) is 11.5 Å². The van der Waals surface area contributed by atoms with Gasteiger partial charge in [-0.15, -0.1) is 0 Å². The molecule has 4 nitrogen and oxygen atoms in total. The van der Waals surface area contributed by atoms with Crippen LogP contribution in [0.25, 0.3) is 0 Å². The van der Waals surface area contributed by atoms with Crippen molar-refractivity contribution in [2.45, 2.75) is 13.0 Å². The molecule has 1 unspecified atom stereocenters. The molecule has 72 valence electrons. The molecule has 4 N–H and O–H groups in total. The molecule has 0 aliphatic rings. The Morgan fingerprint density at radius 1 is 1.54 bits per heavy atom. The minimum atomic E-state index is -0.102. The topological polar surface area (TPSA) is 67.5 Å². The van der Waals surface area contributed by atoms with Gasteiger partial charge in [0.2, 0.25) is 0 Å². The van der Waals surface area contributed by atoms with Gasteiger partial charge >= 0.3 is 0 Å². The molecule has 0 radical (unpaired) electrons. The van der Waals surface area contributed by atoms with Crippen LogP contribution in [0.1, 0.15) is 18.5 Å². The molecule has 1 atom stereocenters. The molecule has 13 heavy (non-hydrogen) atoms. The van der Waals surface area contributed by atoms with Gasteiger partial charge in [0.05, 0.1) is 7.11 Å². The lowest BCUT2D eigenvalue weighted by atomic mass is 10.1. The largest absolute Gasteiger partial charge is 0.508 e. The molecule has 4 heteroatoms. The van der Waals surface area contributed by atoms with Crippen molar-refractivity contribution >= 4 is 0 Å². The van der Waals surface area contributed by atoms with E-state index in [1.54, 1.807) is 25.3 Å². The number of nitrogens with two attached hydrogens (primary N) is 1. The number of hydrazine groups is 1. The molecule has 0 fully saturated rings. The lowest BCUT2D eigenvalue weighted by molar-refractivity contribution is 0.408. The Bertz CT molecular complexity index is 289. The summed E-state index contributed by atoms with van der Waals surface area (Å²) in [6, 6.07) is 4.93. The quantitative estimate of drug-likeness (QED) is 0.480. The standard InChI is InChI=1S/C9H14N2O2/c1-6(11-10)8-5-7(13-2)3-4-9(8)12/h3-6,11-12H,10H2,1-2H3. The second kappa shape index (κ2) is 4.11. The van der Waals surface area contributed by atoms with Gasteiger partial charge in [-0.25, -0.2) is 0 Å². The number of hydrogen-bond acceptors (Lipinski definition) is 4. The Balaban J connectivity index is 3.03. The molecule has 1 rings (SSSR count). The van der Waals surface area contributed by atoms with E-state index in [9.17, 15) is 5.11 Å². The van der Waals surface area contributed by atoms with Gasteiger partial charge in [-0.2, -0.15) is 0 Å². The summed E-state index contributed by atoms with van der Waals surface area (Å²) in [5.74, 6) is 6.18. The van der Waals surface area contributed by atoms with Crippen molar-refractivity contribution in [1.82, 2.24) is 5.43 Å². The van der Waals surface area contributed by atoms with Gasteiger partial charge in [0.25, 0.3) is 0 Å². The van der Waals surface area contributed by atoms with Gasteiger partial charge < -0.3 is 9.84 Å². The first-order chi connectivity index (χ1) is 6.19. The van der Waals surface area contributed by atoms with E-state index >= 15 is 0 Å². The molecule has 1 aromatic rings. The Kier molecular flexibility index (Phi) is 3.11. The first-order valence-corrected chi connectivity index (χ1v) is 4.02. The van der Waals surface area contributed by atoms with E-state index in [0.717, 1.165) is 5.56 Å². The maximum atomic E-state index is 9.48. The minimum absolute atomic E-state index is 0.102. The highest BCUT2D eigenvalue weighted by Crippen LogP contribution is 2.27. The Morgan fingerprint density at radius 3 is 2.77 bits per heavy atom. The Labute approximate surface area is 77.3 Å². The fourth-order valence-electron chi connectivity index (χ4n) is 1.10. The highest BCUT2D eigenvalue weighted by atomic mass is 16.5. The fourth-order valence-corrected chi connectivity index (χ4v) is 1.10. The highest BCUT2D eigenvalue weighted by Gasteiger charge is 2.09. The molecule has 0 aliphatic carbocycles. The van der Waals surface area contributed by atoms with E-state index in [1.165, 1.54) is 0 Å². The first kappa shape index (κ1) is 9.83. The summed E-state index contributed by atoms with van der Waals surface area (Å²) >= 11 is 0. The van der Waals surface area contributed by atoms with Gasteiger partial charge in [-0.05, 0) is 25.1 Å². The van der Waals surface area contributed by atoms with E-state index < -0.39 is 0 Å². The van der Waals surface area contributed by atoms with Crippen LogP contribution >= 0.6 is 0 Å². The predicted molar refractivity (Wildman–Crippen MR) is 50.4 cm³/mol. The van der Waals surface area contributed by atoms with Crippen molar-refractivity contribution in [1.29, 1.82) is 0 Å². The molecule has 0 saturated heterocycles. The Morgan fingerprint density at radius 2 is 2.23 bits per heavy atom. The monoisotopic (exact) mass is 182 g/mol. The van der Waals surface area contributed by atoms with Gasteiger partial charge in [0.1, 0.15) is 11.5 Å². The lowest BCUT2D eigenvalue weighted by Gasteiger charge is -2.13. The second-order valence-corrected chi connectivity index (χ2v) is 2.81. The summed E-state index contributed by atoms with van der Waals surface area (Å²) in [5, 5.41) is 9.48. The van der Waals surface area contributed by atoms with Crippen LogP contribution in [0, 0.1) is 0 Å². The maximum absolute atomic E-state index is 9.48. The van der Waals surface area contributed by atoms with Crippen molar-refractivity contribution in [2.75, 3.05) is 7.11 Å². The molecular formula is C9H14N2O2. The van der Waals surface area contributed by atoms with Crippen LogP contribution in [-0.2, 0) is 0 Å². The minimum Gasteiger partial charge on any atom is -0.508 e. The van der Waals surface area contributed by atoms with Crippen molar-refractivity contribution in [3.05, 3.63) is 23.8 Å². The number of nitrogens with one attached hydrogen (secondary N) is 1. The third-order valence-corrected chi connectivity index (χ3v) is 1.95. The number of phenolic OH excluding ortho intramolecular Hbond substituents is 1. The van der Waals surface area contributed by atoms with Crippen LogP contribution in [0.3, 0.4) is 0 Å². The molecular weight excluding hydrogens is 168 g/mol. The van der Waals surface area contributed by atoms with E-state index in [-0.39, 0.29) is 11.8 Å². The van der Waals surface area contributed by atoms with Gasteiger partial charge in [-0.3, -0.25) is 11.3 Å². The molecule has 0 bridgehead atoms. The summed E-state index contributed by atoms with van der Waals surface area (Å²) in [7, 11) is 1.58. The van der Waals surface area contributed by atoms with Crippen molar-refractivity contribution in [2.24, 2.45) is 5.84 Å². The second-order valence-electron chi connectivity index (χ2n) is 2.81. The van der Waals surface area contributed by atoms with Crippen LogP contribution in [0.4, 0.5) is 0 Å². The lowest BCUT2D eigenvalue weighted by Crippen LogP contribution is -2.25. The van der Waals surface area contributed by atoms with Gasteiger partial charge in [0.15, 0.2) is 0 Å². The van der Waals surface area contributed by atoms with Crippen molar-refractivity contribution < 1.29 is 9.84 Å². The molecule has 0 saturated carbocycles. The molecule has 0 aliphatic heterocycles. The third kappa shape index (κ3) is 2.11. The average molecular weight is 182 g/mol. The average Bonchev–Trinajstić information content (AvgIpc) is 2.17. The number of aromatic hydroxyl groups is 1. The number of hydrogen-bond donors (Lipinski definition) is 3. The van der Waals surface area contributed by atoms with Crippen LogP contribution in [0.2, 0.25) is 0 Å². The van der Waals surface area contributed by atoms with E-state index in [2.05, 4.69) is 5.43 Å². The molecule has 0 amide bonds. The number of methoxy groups -OCH3 is 1. The predicted octanol–water partition coefficient (Wildman–Crippen LogP) is 0.925. The summed E-state index contributed by atoms with van der Waals surface area (Å²) in [4.78, 5) is 0. The molecule has 0 aromatic heterocycles. The maximum Gasteiger partial charge on any atom is 0.120 e. The zero-order valence-corrected chi connectivity index (χ0v) is 7.74. The highest BCUT2D eigenvalue weighted by molar-refractivity contribution is 5.40. The van der Waals surface area contributed by atoms with Crippen molar-refractivity contribution in [3.63, 3.8) is 0 Å². The number of rotatable bonds is 3. The third-order valence-electron chi connectivity index (χ3n) is 1.95. The summed E-state index contributed by atoms with van der Waals surface area (Å²) in [5.41, 5.74) is 3.28. The van der Waals surface area contributed by atoms with Gasteiger partial charge in [-0.1, -0.05) is 0 Å². The number of phenols is 1. The van der Waals surface area contributed by atoms with E-state index in [4.69, 9.17) is 10.6 Å².